The average Bonchev–Trinajstić information content (AvgIpc) is 3.02. The van der Waals surface area contributed by atoms with Gasteiger partial charge in [0.25, 0.3) is 0 Å². The third kappa shape index (κ3) is 3.25. The molecule has 1 spiro atoms. The Morgan fingerprint density at radius 3 is 2.57 bits per heavy atom. The Bertz CT molecular complexity index is 372. The first-order chi connectivity index (χ1) is 10.1. The summed E-state index contributed by atoms with van der Waals surface area (Å²) in [5, 5.41) is 0. The van der Waals surface area contributed by atoms with Crippen molar-refractivity contribution in [1.29, 1.82) is 0 Å². The topological polar surface area (TPSA) is 42.0 Å². The van der Waals surface area contributed by atoms with Crippen molar-refractivity contribution in [2.24, 2.45) is 5.92 Å². The van der Waals surface area contributed by atoms with Crippen LogP contribution in [0.2, 0.25) is 0 Å². The van der Waals surface area contributed by atoms with Crippen LogP contribution in [0.5, 0.6) is 0 Å². The zero-order valence-electron chi connectivity index (χ0n) is 13.3. The first-order valence-corrected chi connectivity index (χ1v) is 8.27. The van der Waals surface area contributed by atoms with Crippen LogP contribution in [-0.4, -0.2) is 74.4 Å². The lowest BCUT2D eigenvalue weighted by atomic mass is 9.81. The van der Waals surface area contributed by atoms with Crippen LogP contribution in [0.1, 0.15) is 32.1 Å². The summed E-state index contributed by atoms with van der Waals surface area (Å²) < 4.78 is 11.5. The van der Waals surface area contributed by atoms with E-state index in [2.05, 4.69) is 19.0 Å². The predicted molar refractivity (Wildman–Crippen MR) is 80.1 cm³/mol. The molecule has 0 aromatic heterocycles. The maximum Gasteiger partial charge on any atom is 0.228 e. The van der Waals surface area contributed by atoms with Gasteiger partial charge in [-0.25, -0.2) is 0 Å². The van der Waals surface area contributed by atoms with Crippen molar-refractivity contribution in [2.45, 2.75) is 43.7 Å². The van der Waals surface area contributed by atoms with E-state index in [0.29, 0.717) is 18.6 Å². The fourth-order valence-corrected chi connectivity index (χ4v) is 3.91. The molecule has 3 fully saturated rings. The number of likely N-dealkylation sites (tertiary alicyclic amines) is 1. The molecule has 3 heterocycles. The van der Waals surface area contributed by atoms with Gasteiger partial charge in [0.05, 0.1) is 18.1 Å². The van der Waals surface area contributed by atoms with Gasteiger partial charge >= 0.3 is 0 Å². The number of hydrogen-bond acceptors (Lipinski definition) is 4. The van der Waals surface area contributed by atoms with Crippen molar-refractivity contribution in [1.82, 2.24) is 9.80 Å². The normalized spacial score (nSPS) is 32.8. The average molecular weight is 296 g/mol. The monoisotopic (exact) mass is 296 g/mol. The van der Waals surface area contributed by atoms with E-state index in [1.165, 1.54) is 0 Å². The Kier molecular flexibility index (Phi) is 4.52. The number of amides is 1. The van der Waals surface area contributed by atoms with E-state index in [1.807, 2.05) is 4.90 Å². The Morgan fingerprint density at radius 2 is 1.95 bits per heavy atom. The molecule has 5 heteroatoms. The van der Waals surface area contributed by atoms with Gasteiger partial charge in [-0.2, -0.15) is 0 Å². The molecule has 0 saturated carbocycles. The van der Waals surface area contributed by atoms with Gasteiger partial charge in [0.15, 0.2) is 0 Å². The fourth-order valence-electron chi connectivity index (χ4n) is 3.91. The largest absolute Gasteiger partial charge is 0.381 e. The molecule has 0 aliphatic carbocycles. The second-order valence-electron chi connectivity index (χ2n) is 7.03. The molecule has 120 valence electrons. The van der Waals surface area contributed by atoms with Crippen LogP contribution in [0.3, 0.4) is 0 Å². The molecule has 3 aliphatic heterocycles. The van der Waals surface area contributed by atoms with Gasteiger partial charge in [-0.1, -0.05) is 0 Å². The molecule has 21 heavy (non-hydrogen) atoms. The first-order valence-electron chi connectivity index (χ1n) is 8.27. The highest BCUT2D eigenvalue weighted by molar-refractivity contribution is 5.79. The highest BCUT2D eigenvalue weighted by Gasteiger charge is 2.42. The molecule has 0 bridgehead atoms. The number of piperidine rings is 1. The maximum absolute atomic E-state index is 12.4. The zero-order chi connectivity index (χ0) is 14.9. The molecule has 0 radical (unpaired) electrons. The second-order valence-corrected chi connectivity index (χ2v) is 7.03. The molecule has 0 N–H and O–H groups in total. The molecular weight excluding hydrogens is 268 g/mol. The number of rotatable bonds is 2. The number of hydrogen-bond donors (Lipinski definition) is 0. The molecule has 3 rings (SSSR count). The van der Waals surface area contributed by atoms with Crippen molar-refractivity contribution >= 4 is 5.91 Å². The first kappa shape index (κ1) is 15.3. The lowest BCUT2D eigenvalue weighted by Crippen LogP contribution is -2.54. The summed E-state index contributed by atoms with van der Waals surface area (Å²) in [5.41, 5.74) is 0.0101. The van der Waals surface area contributed by atoms with Gasteiger partial charge in [0, 0.05) is 32.3 Å². The van der Waals surface area contributed by atoms with Crippen molar-refractivity contribution in [2.75, 3.05) is 47.0 Å². The maximum atomic E-state index is 12.4. The molecule has 0 aromatic rings. The SMILES string of the molecule is CN(C)C1CCOC2(CCN(C(=O)C3CCOC3)CC2)C1. The van der Waals surface area contributed by atoms with Crippen molar-refractivity contribution in [3.63, 3.8) is 0 Å². The molecule has 1 amide bonds. The van der Waals surface area contributed by atoms with E-state index < -0.39 is 0 Å². The molecular formula is C16H28N2O3. The van der Waals surface area contributed by atoms with Crippen LogP contribution in [0.25, 0.3) is 0 Å². The minimum atomic E-state index is 0.0101. The molecule has 2 atom stereocenters. The summed E-state index contributed by atoms with van der Waals surface area (Å²) in [4.78, 5) is 16.8. The molecule has 5 nitrogen and oxygen atoms in total. The number of carbonyl (C=O) groups is 1. The van der Waals surface area contributed by atoms with Crippen LogP contribution in [-0.2, 0) is 14.3 Å². The van der Waals surface area contributed by atoms with Crippen LogP contribution in [0.4, 0.5) is 0 Å². The van der Waals surface area contributed by atoms with Gasteiger partial charge in [0.2, 0.25) is 5.91 Å². The Labute approximate surface area is 127 Å². The van der Waals surface area contributed by atoms with Crippen molar-refractivity contribution in [3.05, 3.63) is 0 Å². The van der Waals surface area contributed by atoms with E-state index in [1.54, 1.807) is 0 Å². The standard InChI is InChI=1S/C16H28N2O3/c1-17(2)14-4-10-21-16(11-14)5-7-18(8-6-16)15(19)13-3-9-20-12-13/h13-14H,3-12H2,1-2H3. The van der Waals surface area contributed by atoms with Crippen LogP contribution in [0.15, 0.2) is 0 Å². The lowest BCUT2D eigenvalue weighted by Gasteiger charge is -2.47. The van der Waals surface area contributed by atoms with E-state index >= 15 is 0 Å². The Morgan fingerprint density at radius 1 is 1.19 bits per heavy atom. The van der Waals surface area contributed by atoms with Gasteiger partial charge in [-0.3, -0.25) is 4.79 Å². The highest BCUT2D eigenvalue weighted by Crippen LogP contribution is 2.36. The minimum Gasteiger partial charge on any atom is -0.381 e. The molecule has 3 aliphatic rings. The third-order valence-corrected chi connectivity index (χ3v) is 5.46. The Balaban J connectivity index is 1.55. The smallest absolute Gasteiger partial charge is 0.228 e. The van der Waals surface area contributed by atoms with Gasteiger partial charge in [0.1, 0.15) is 0 Å². The summed E-state index contributed by atoms with van der Waals surface area (Å²) in [7, 11) is 4.31. The predicted octanol–water partition coefficient (Wildman–Crippen LogP) is 1.12. The summed E-state index contributed by atoms with van der Waals surface area (Å²) >= 11 is 0. The van der Waals surface area contributed by atoms with E-state index in [0.717, 1.165) is 58.4 Å². The summed E-state index contributed by atoms with van der Waals surface area (Å²) in [6.45, 7) is 3.89. The number of nitrogens with zero attached hydrogens (tertiary/aromatic N) is 2. The van der Waals surface area contributed by atoms with E-state index in [9.17, 15) is 4.79 Å². The fraction of sp³-hybridized carbons (Fsp3) is 0.938. The number of ether oxygens (including phenoxy) is 2. The van der Waals surface area contributed by atoms with Gasteiger partial charge in [-0.15, -0.1) is 0 Å². The van der Waals surface area contributed by atoms with Crippen LogP contribution >= 0.6 is 0 Å². The number of carbonyl (C=O) groups excluding carboxylic acids is 1. The van der Waals surface area contributed by atoms with E-state index in [-0.39, 0.29) is 11.5 Å². The van der Waals surface area contributed by atoms with Crippen LogP contribution < -0.4 is 0 Å². The van der Waals surface area contributed by atoms with Gasteiger partial charge in [-0.05, 0) is 46.2 Å². The summed E-state index contributed by atoms with van der Waals surface area (Å²) in [6, 6.07) is 0.615. The summed E-state index contributed by atoms with van der Waals surface area (Å²) in [6.07, 6.45) is 5.08. The highest BCUT2D eigenvalue weighted by atomic mass is 16.5. The third-order valence-electron chi connectivity index (χ3n) is 5.46. The van der Waals surface area contributed by atoms with Gasteiger partial charge < -0.3 is 19.3 Å². The molecule has 3 saturated heterocycles. The zero-order valence-corrected chi connectivity index (χ0v) is 13.3. The lowest BCUT2D eigenvalue weighted by molar-refractivity contribution is -0.150. The van der Waals surface area contributed by atoms with Crippen molar-refractivity contribution in [3.8, 4) is 0 Å². The quantitative estimate of drug-likeness (QED) is 0.766. The van der Waals surface area contributed by atoms with Crippen molar-refractivity contribution < 1.29 is 14.3 Å². The van der Waals surface area contributed by atoms with E-state index in [4.69, 9.17) is 9.47 Å². The summed E-state index contributed by atoms with van der Waals surface area (Å²) in [5.74, 6) is 0.392. The molecule has 0 aromatic carbocycles. The second kappa shape index (κ2) is 6.23. The Hall–Kier alpha value is -0.650. The minimum absolute atomic E-state index is 0.0101. The molecule has 2 unspecified atom stereocenters. The van der Waals surface area contributed by atoms with Crippen LogP contribution in [0, 0.1) is 5.92 Å².